The minimum absolute atomic E-state index is 0.187. The lowest BCUT2D eigenvalue weighted by molar-refractivity contribution is -0.137. The predicted octanol–water partition coefficient (Wildman–Crippen LogP) is 4.70. The highest BCUT2D eigenvalue weighted by Crippen LogP contribution is 2.39. The number of primary amides is 1. The molecule has 2 aromatic carbocycles. The van der Waals surface area contributed by atoms with E-state index in [4.69, 9.17) is 5.73 Å². The van der Waals surface area contributed by atoms with E-state index in [9.17, 15) is 18.0 Å². The topological polar surface area (TPSA) is 103 Å². The van der Waals surface area contributed by atoms with Crippen molar-refractivity contribution in [3.05, 3.63) is 95.3 Å². The minimum Gasteiger partial charge on any atom is -0.366 e. The predicted molar refractivity (Wildman–Crippen MR) is 136 cm³/mol. The lowest BCUT2D eigenvalue weighted by Gasteiger charge is -2.16. The van der Waals surface area contributed by atoms with Crippen molar-refractivity contribution in [2.75, 3.05) is 5.32 Å². The maximum absolute atomic E-state index is 13.8. The van der Waals surface area contributed by atoms with E-state index >= 15 is 0 Å². The molecular weight excluding hydrogens is 495 g/mol. The first-order valence-corrected chi connectivity index (χ1v) is 11.3. The molecule has 0 fully saturated rings. The molecule has 0 atom stereocenters. The molecule has 0 bridgehead atoms. The molecule has 3 heterocycles. The van der Waals surface area contributed by atoms with Gasteiger partial charge >= 0.3 is 6.18 Å². The zero-order valence-electron chi connectivity index (χ0n) is 20.2. The fourth-order valence-corrected chi connectivity index (χ4v) is 4.07. The summed E-state index contributed by atoms with van der Waals surface area (Å²) >= 11 is 0. The van der Waals surface area contributed by atoms with Crippen molar-refractivity contribution >= 4 is 23.1 Å². The number of anilines is 2. The highest BCUT2D eigenvalue weighted by molar-refractivity contribution is 6.01. The van der Waals surface area contributed by atoms with Crippen LogP contribution in [0.25, 0.3) is 16.8 Å². The molecule has 190 valence electrons. The van der Waals surface area contributed by atoms with Crippen LogP contribution in [0.1, 0.15) is 32.7 Å². The van der Waals surface area contributed by atoms with Gasteiger partial charge in [-0.2, -0.15) is 18.3 Å². The van der Waals surface area contributed by atoms with Crippen LogP contribution in [-0.2, 0) is 13.2 Å². The summed E-state index contributed by atoms with van der Waals surface area (Å²) < 4.78 is 44.8. The SMILES string of the molecule is Cc1ccc(-c2c(C(N)=O)cccc2C(F)(F)F)cc1C#Cc1cnc2c(Nc3cnn(C)c3)nccn12. The van der Waals surface area contributed by atoms with Gasteiger partial charge < -0.3 is 11.1 Å². The minimum atomic E-state index is -4.68. The third-order valence-corrected chi connectivity index (χ3v) is 5.88. The Morgan fingerprint density at radius 1 is 1.11 bits per heavy atom. The van der Waals surface area contributed by atoms with Crippen LogP contribution < -0.4 is 11.1 Å². The fourth-order valence-electron chi connectivity index (χ4n) is 4.07. The standard InChI is InChI=1S/C27H20F3N7O/c1-16-6-7-18(23-21(24(31)38)4-3-5-22(23)27(28,29)30)12-17(16)8-9-20-14-33-26-25(32-10-11-37(20)26)35-19-13-34-36(2)15-19/h3-7,10-15H,1-2H3,(H2,31,38)(H,32,35). The number of amides is 1. The summed E-state index contributed by atoms with van der Waals surface area (Å²) in [5, 5.41) is 7.29. The largest absolute Gasteiger partial charge is 0.417 e. The number of alkyl halides is 3. The molecule has 1 amide bonds. The van der Waals surface area contributed by atoms with Crippen LogP contribution in [0.3, 0.4) is 0 Å². The number of carbonyl (C=O) groups excluding carboxylic acids is 1. The van der Waals surface area contributed by atoms with Crippen LogP contribution in [-0.4, -0.2) is 30.1 Å². The summed E-state index contributed by atoms with van der Waals surface area (Å²) in [4.78, 5) is 20.7. The summed E-state index contributed by atoms with van der Waals surface area (Å²) in [6.45, 7) is 1.80. The van der Waals surface area contributed by atoms with Crippen LogP contribution in [0.5, 0.6) is 0 Å². The lowest BCUT2D eigenvalue weighted by atomic mass is 9.91. The number of benzene rings is 2. The first-order valence-electron chi connectivity index (χ1n) is 11.3. The Hall–Kier alpha value is -5.11. The number of imidazole rings is 1. The van der Waals surface area contributed by atoms with Crippen LogP contribution in [0, 0.1) is 18.8 Å². The third kappa shape index (κ3) is 4.67. The molecule has 38 heavy (non-hydrogen) atoms. The molecule has 5 aromatic rings. The van der Waals surface area contributed by atoms with E-state index in [1.54, 1.807) is 60.1 Å². The Morgan fingerprint density at radius 2 is 1.92 bits per heavy atom. The molecule has 0 radical (unpaired) electrons. The number of nitrogens with zero attached hydrogens (tertiary/aromatic N) is 5. The number of carbonyl (C=O) groups is 1. The van der Waals surface area contributed by atoms with Crippen molar-refractivity contribution in [1.29, 1.82) is 0 Å². The molecule has 8 nitrogen and oxygen atoms in total. The van der Waals surface area contributed by atoms with Gasteiger partial charge in [0, 0.05) is 42.3 Å². The van der Waals surface area contributed by atoms with Gasteiger partial charge in [-0.1, -0.05) is 24.1 Å². The van der Waals surface area contributed by atoms with Gasteiger partial charge in [-0.3, -0.25) is 13.9 Å². The Balaban J connectivity index is 1.56. The van der Waals surface area contributed by atoms with Crippen molar-refractivity contribution in [2.24, 2.45) is 12.8 Å². The average molecular weight is 515 g/mol. The van der Waals surface area contributed by atoms with Gasteiger partial charge in [-0.25, -0.2) is 9.97 Å². The number of halogens is 3. The Bertz CT molecular complexity index is 1760. The first-order chi connectivity index (χ1) is 18.1. The molecule has 0 aliphatic rings. The molecule has 0 aliphatic heterocycles. The second-order valence-corrected chi connectivity index (χ2v) is 8.51. The van der Waals surface area contributed by atoms with Gasteiger partial charge in [0.15, 0.2) is 11.5 Å². The van der Waals surface area contributed by atoms with Crippen LogP contribution >= 0.6 is 0 Å². The number of aromatic nitrogens is 5. The Morgan fingerprint density at radius 3 is 2.63 bits per heavy atom. The highest BCUT2D eigenvalue weighted by atomic mass is 19.4. The maximum atomic E-state index is 13.8. The smallest absolute Gasteiger partial charge is 0.366 e. The molecule has 5 rings (SSSR count). The van der Waals surface area contributed by atoms with E-state index in [1.165, 1.54) is 24.3 Å². The second-order valence-electron chi connectivity index (χ2n) is 8.51. The Labute approximate surface area is 215 Å². The Kier molecular flexibility index (Phi) is 6.08. The van der Waals surface area contributed by atoms with Crippen molar-refractivity contribution < 1.29 is 18.0 Å². The molecule has 0 unspecified atom stereocenters. The molecule has 0 saturated carbocycles. The molecule has 3 aromatic heterocycles. The van der Waals surface area contributed by atoms with Crippen LogP contribution in [0.2, 0.25) is 0 Å². The quantitative estimate of drug-likeness (QED) is 0.338. The van der Waals surface area contributed by atoms with Crippen molar-refractivity contribution in [3.63, 3.8) is 0 Å². The fraction of sp³-hybridized carbons (Fsp3) is 0.111. The average Bonchev–Trinajstić information content (AvgIpc) is 3.48. The molecular formula is C27H20F3N7O. The summed E-state index contributed by atoms with van der Waals surface area (Å²) in [5.41, 5.74) is 7.23. The maximum Gasteiger partial charge on any atom is 0.417 e. The molecule has 0 aliphatic carbocycles. The highest BCUT2D eigenvalue weighted by Gasteiger charge is 2.35. The van der Waals surface area contributed by atoms with Crippen LogP contribution in [0.15, 0.2) is 67.4 Å². The first kappa shape index (κ1) is 24.6. The van der Waals surface area contributed by atoms with E-state index in [0.717, 1.165) is 17.3 Å². The monoisotopic (exact) mass is 515 g/mol. The van der Waals surface area contributed by atoms with E-state index in [1.807, 2.05) is 0 Å². The zero-order valence-corrected chi connectivity index (χ0v) is 20.2. The van der Waals surface area contributed by atoms with E-state index in [-0.39, 0.29) is 16.7 Å². The third-order valence-electron chi connectivity index (χ3n) is 5.88. The summed E-state index contributed by atoms with van der Waals surface area (Å²) in [7, 11) is 1.80. The summed E-state index contributed by atoms with van der Waals surface area (Å²) in [6.07, 6.45) is 3.67. The van der Waals surface area contributed by atoms with Gasteiger partial charge in [0.05, 0.1) is 23.6 Å². The molecule has 3 N–H and O–H groups in total. The van der Waals surface area contributed by atoms with E-state index in [0.29, 0.717) is 22.7 Å². The number of aryl methyl sites for hydroxylation is 2. The van der Waals surface area contributed by atoms with Gasteiger partial charge in [-0.05, 0) is 42.2 Å². The van der Waals surface area contributed by atoms with Crippen molar-refractivity contribution in [3.8, 4) is 23.0 Å². The van der Waals surface area contributed by atoms with E-state index in [2.05, 4.69) is 32.2 Å². The number of fused-ring (bicyclic) bond motifs is 1. The van der Waals surface area contributed by atoms with Gasteiger partial charge in [-0.15, -0.1) is 0 Å². The van der Waals surface area contributed by atoms with E-state index < -0.39 is 17.6 Å². The zero-order chi connectivity index (χ0) is 27.0. The van der Waals surface area contributed by atoms with Crippen molar-refractivity contribution in [1.82, 2.24) is 24.1 Å². The van der Waals surface area contributed by atoms with Crippen LogP contribution in [0.4, 0.5) is 24.7 Å². The summed E-state index contributed by atoms with van der Waals surface area (Å²) in [5.74, 6) is 5.64. The number of hydrogen-bond acceptors (Lipinski definition) is 5. The normalized spacial score (nSPS) is 11.3. The van der Waals surface area contributed by atoms with Gasteiger partial charge in [0.2, 0.25) is 5.91 Å². The molecule has 0 saturated heterocycles. The lowest BCUT2D eigenvalue weighted by Crippen LogP contribution is -2.16. The number of hydrogen-bond donors (Lipinski definition) is 2. The molecule has 11 heteroatoms. The number of rotatable bonds is 4. The van der Waals surface area contributed by atoms with Gasteiger partial charge in [0.1, 0.15) is 5.69 Å². The summed E-state index contributed by atoms with van der Waals surface area (Å²) in [6, 6.07) is 8.08. The number of nitrogens with two attached hydrogens (primary N) is 1. The molecule has 0 spiro atoms. The second kappa shape index (κ2) is 9.40. The number of nitrogens with one attached hydrogen (secondary N) is 1. The van der Waals surface area contributed by atoms with Gasteiger partial charge in [0.25, 0.3) is 0 Å². The van der Waals surface area contributed by atoms with Crippen molar-refractivity contribution in [2.45, 2.75) is 13.1 Å².